The highest BCUT2D eigenvalue weighted by molar-refractivity contribution is 9.10. The molecular weight excluding hydrogens is 287 g/mol. The summed E-state index contributed by atoms with van der Waals surface area (Å²) in [5.74, 6) is 0.283. The number of benzene rings is 1. The molecule has 0 aliphatic heterocycles. The first-order valence-electron chi connectivity index (χ1n) is 4.05. The van der Waals surface area contributed by atoms with Gasteiger partial charge in [0.2, 0.25) is 0 Å². The number of hydrogen-bond acceptors (Lipinski definition) is 1. The number of carbonyl (C=O) groups is 1. The number of Topliss-reactive ketones (excluding diaryl/α,β-unsaturated/α-hetero) is 1. The number of rotatable bonds is 3. The van der Waals surface area contributed by atoms with Crippen LogP contribution in [0.25, 0.3) is 0 Å². The molecule has 1 aromatic carbocycles. The summed E-state index contributed by atoms with van der Waals surface area (Å²) in [6.45, 7) is 1.47. The van der Waals surface area contributed by atoms with Crippen molar-refractivity contribution in [2.24, 2.45) is 0 Å². The van der Waals surface area contributed by atoms with Gasteiger partial charge in [-0.15, -0.1) is 23.2 Å². The Balaban J connectivity index is 3.13. The van der Waals surface area contributed by atoms with Crippen molar-refractivity contribution in [2.75, 3.05) is 0 Å². The third-order valence-electron chi connectivity index (χ3n) is 1.88. The molecule has 0 aliphatic rings. The minimum Gasteiger partial charge on any atom is -0.298 e. The summed E-state index contributed by atoms with van der Waals surface area (Å²) in [6.07, 6.45) is 0. The van der Waals surface area contributed by atoms with Crippen LogP contribution < -0.4 is 0 Å². The third kappa shape index (κ3) is 2.72. The molecule has 4 heteroatoms. The molecule has 0 spiro atoms. The van der Waals surface area contributed by atoms with Crippen LogP contribution >= 0.6 is 39.1 Å². The van der Waals surface area contributed by atoms with Gasteiger partial charge in [-0.1, -0.05) is 22.0 Å². The fourth-order valence-corrected chi connectivity index (χ4v) is 2.01. The molecule has 0 fully saturated rings. The topological polar surface area (TPSA) is 17.1 Å². The van der Waals surface area contributed by atoms with Crippen molar-refractivity contribution >= 4 is 44.9 Å². The summed E-state index contributed by atoms with van der Waals surface area (Å²) in [5, 5.41) is -0.600. The first-order valence-corrected chi connectivity index (χ1v) is 5.81. The molecule has 0 heterocycles. The van der Waals surface area contributed by atoms with Crippen molar-refractivity contribution in [3.63, 3.8) is 0 Å². The molecule has 0 saturated heterocycles. The van der Waals surface area contributed by atoms with Crippen LogP contribution in [0.5, 0.6) is 0 Å². The van der Waals surface area contributed by atoms with E-state index in [1.807, 2.05) is 18.2 Å². The van der Waals surface area contributed by atoms with Crippen molar-refractivity contribution in [3.8, 4) is 0 Å². The zero-order valence-electron chi connectivity index (χ0n) is 7.56. The van der Waals surface area contributed by atoms with Gasteiger partial charge in [-0.25, -0.2) is 0 Å². The van der Waals surface area contributed by atoms with Gasteiger partial charge < -0.3 is 0 Å². The van der Waals surface area contributed by atoms with Gasteiger partial charge in [-0.2, -0.15) is 0 Å². The maximum absolute atomic E-state index is 11.1. The van der Waals surface area contributed by atoms with E-state index in [9.17, 15) is 4.79 Å². The average molecular weight is 296 g/mol. The highest BCUT2D eigenvalue weighted by atomic mass is 79.9. The van der Waals surface area contributed by atoms with E-state index in [1.165, 1.54) is 6.92 Å². The Bertz CT molecular complexity index is 352. The Morgan fingerprint density at radius 3 is 2.71 bits per heavy atom. The highest BCUT2D eigenvalue weighted by Crippen LogP contribution is 2.28. The van der Waals surface area contributed by atoms with Crippen LogP contribution in [-0.4, -0.2) is 5.78 Å². The van der Waals surface area contributed by atoms with Gasteiger partial charge in [0.1, 0.15) is 5.38 Å². The molecule has 0 bridgehead atoms. The van der Waals surface area contributed by atoms with Gasteiger partial charge in [0, 0.05) is 10.4 Å². The Morgan fingerprint density at radius 2 is 2.21 bits per heavy atom. The fraction of sp³-hybridized carbons (Fsp3) is 0.300. The second kappa shape index (κ2) is 5.15. The summed E-state index contributed by atoms with van der Waals surface area (Å²) < 4.78 is 0.935. The lowest BCUT2D eigenvalue weighted by Gasteiger charge is -2.10. The number of ketones is 1. The average Bonchev–Trinajstić information content (AvgIpc) is 2.16. The summed E-state index contributed by atoms with van der Waals surface area (Å²) >= 11 is 15.1. The SMILES string of the molecule is CC(=O)C(Cl)c1ccc(Br)cc1CCl. The van der Waals surface area contributed by atoms with Crippen LogP contribution in [0.4, 0.5) is 0 Å². The zero-order chi connectivity index (χ0) is 10.7. The number of carbonyl (C=O) groups excluding carboxylic acids is 1. The highest BCUT2D eigenvalue weighted by Gasteiger charge is 2.16. The molecule has 0 saturated carbocycles. The third-order valence-corrected chi connectivity index (χ3v) is 3.20. The van der Waals surface area contributed by atoms with E-state index in [2.05, 4.69) is 15.9 Å². The molecule has 0 N–H and O–H groups in total. The minimum atomic E-state index is -0.600. The lowest BCUT2D eigenvalue weighted by Crippen LogP contribution is -2.04. The molecule has 14 heavy (non-hydrogen) atoms. The largest absolute Gasteiger partial charge is 0.298 e. The van der Waals surface area contributed by atoms with E-state index in [4.69, 9.17) is 23.2 Å². The Labute approximate surface area is 102 Å². The minimum absolute atomic E-state index is 0.0691. The van der Waals surface area contributed by atoms with E-state index in [-0.39, 0.29) is 5.78 Å². The fourth-order valence-electron chi connectivity index (χ4n) is 1.16. The molecule has 1 rings (SSSR count). The standard InChI is InChI=1S/C10H9BrCl2O/c1-6(14)10(13)9-3-2-8(11)4-7(9)5-12/h2-4,10H,5H2,1H3. The first kappa shape index (κ1) is 12.0. The molecule has 1 unspecified atom stereocenters. The van der Waals surface area contributed by atoms with Crippen molar-refractivity contribution in [1.82, 2.24) is 0 Å². The summed E-state index contributed by atoms with van der Waals surface area (Å²) in [6, 6.07) is 5.55. The van der Waals surface area contributed by atoms with E-state index < -0.39 is 5.38 Å². The lowest BCUT2D eigenvalue weighted by atomic mass is 10.0. The monoisotopic (exact) mass is 294 g/mol. The maximum atomic E-state index is 11.1. The van der Waals surface area contributed by atoms with E-state index in [0.29, 0.717) is 5.88 Å². The second-order valence-electron chi connectivity index (χ2n) is 2.95. The van der Waals surface area contributed by atoms with Crippen molar-refractivity contribution in [3.05, 3.63) is 33.8 Å². The lowest BCUT2D eigenvalue weighted by molar-refractivity contribution is -0.116. The molecule has 0 aliphatic carbocycles. The quantitative estimate of drug-likeness (QED) is 0.769. The summed E-state index contributed by atoms with van der Waals surface area (Å²) in [4.78, 5) is 11.1. The number of hydrogen-bond donors (Lipinski definition) is 0. The van der Waals surface area contributed by atoms with Gasteiger partial charge in [-0.3, -0.25) is 4.79 Å². The Hall–Kier alpha value is -0.0500. The van der Waals surface area contributed by atoms with Crippen molar-refractivity contribution in [2.45, 2.75) is 18.2 Å². The predicted molar refractivity (Wildman–Crippen MR) is 63.0 cm³/mol. The maximum Gasteiger partial charge on any atom is 0.152 e. The summed E-state index contributed by atoms with van der Waals surface area (Å²) in [5.41, 5.74) is 1.67. The van der Waals surface area contributed by atoms with Gasteiger partial charge >= 0.3 is 0 Å². The predicted octanol–water partition coefficient (Wildman–Crippen LogP) is 4.06. The Morgan fingerprint density at radius 1 is 1.57 bits per heavy atom. The van der Waals surface area contributed by atoms with Gasteiger partial charge in [0.25, 0.3) is 0 Å². The first-order chi connectivity index (χ1) is 6.56. The molecule has 1 aromatic rings. The number of halogens is 3. The van der Waals surface area contributed by atoms with Crippen LogP contribution in [0.3, 0.4) is 0 Å². The smallest absolute Gasteiger partial charge is 0.152 e. The van der Waals surface area contributed by atoms with E-state index in [0.717, 1.165) is 15.6 Å². The Kier molecular flexibility index (Phi) is 4.42. The van der Waals surface area contributed by atoms with Gasteiger partial charge in [-0.05, 0) is 30.2 Å². The number of alkyl halides is 2. The van der Waals surface area contributed by atoms with E-state index >= 15 is 0 Å². The van der Waals surface area contributed by atoms with E-state index in [1.54, 1.807) is 0 Å². The molecule has 0 aromatic heterocycles. The van der Waals surface area contributed by atoms with Crippen molar-refractivity contribution < 1.29 is 4.79 Å². The van der Waals surface area contributed by atoms with Crippen LogP contribution in [0.2, 0.25) is 0 Å². The van der Waals surface area contributed by atoms with Gasteiger partial charge in [0.05, 0.1) is 0 Å². The normalized spacial score (nSPS) is 12.6. The van der Waals surface area contributed by atoms with Crippen LogP contribution in [0, 0.1) is 0 Å². The molecule has 76 valence electrons. The summed E-state index contributed by atoms with van der Waals surface area (Å²) in [7, 11) is 0. The van der Waals surface area contributed by atoms with Crippen molar-refractivity contribution in [1.29, 1.82) is 0 Å². The molecule has 0 amide bonds. The van der Waals surface area contributed by atoms with Crippen LogP contribution in [0.15, 0.2) is 22.7 Å². The molecular formula is C10H9BrCl2O. The molecule has 1 atom stereocenters. The molecule has 0 radical (unpaired) electrons. The molecule has 1 nitrogen and oxygen atoms in total. The second-order valence-corrected chi connectivity index (χ2v) is 4.57. The van der Waals surface area contributed by atoms with Gasteiger partial charge in [0.15, 0.2) is 5.78 Å². The zero-order valence-corrected chi connectivity index (χ0v) is 10.7. The van der Waals surface area contributed by atoms with Crippen LogP contribution in [0.1, 0.15) is 23.4 Å². The van der Waals surface area contributed by atoms with Crippen LogP contribution in [-0.2, 0) is 10.7 Å².